The van der Waals surface area contributed by atoms with Crippen molar-refractivity contribution in [2.24, 2.45) is 0 Å². The van der Waals surface area contributed by atoms with Crippen LogP contribution in [0.5, 0.6) is 0 Å². The molecule has 1 aliphatic heterocycles. The Morgan fingerprint density at radius 1 is 1.38 bits per heavy atom. The molecule has 7 heteroatoms. The molecule has 2 aromatic heterocycles. The zero-order chi connectivity index (χ0) is 16.4. The molecule has 3 heterocycles. The third-order valence-electron chi connectivity index (χ3n) is 4.51. The summed E-state index contributed by atoms with van der Waals surface area (Å²) < 4.78 is 0. The number of aromatic amines is 2. The van der Waals surface area contributed by atoms with Crippen molar-refractivity contribution in [3.63, 3.8) is 0 Å². The highest BCUT2D eigenvalue weighted by Crippen LogP contribution is 2.16. The number of nitrogens with zero attached hydrogens (tertiary/aromatic N) is 3. The van der Waals surface area contributed by atoms with Gasteiger partial charge in [0.15, 0.2) is 5.82 Å². The molecule has 1 atom stereocenters. The molecule has 1 fully saturated rings. The lowest BCUT2D eigenvalue weighted by Crippen LogP contribution is -2.47. The third-order valence-corrected chi connectivity index (χ3v) is 4.51. The van der Waals surface area contributed by atoms with E-state index in [0.29, 0.717) is 11.9 Å². The quantitative estimate of drug-likeness (QED) is 0.675. The Labute approximate surface area is 139 Å². The van der Waals surface area contributed by atoms with Crippen molar-refractivity contribution in [2.45, 2.75) is 25.4 Å². The number of H-pyrrole nitrogens is 2. The minimum Gasteiger partial charge on any atom is -0.350 e. The van der Waals surface area contributed by atoms with E-state index in [1.807, 2.05) is 6.20 Å². The monoisotopic (exact) mass is 324 g/mol. The Morgan fingerprint density at radius 3 is 3.25 bits per heavy atom. The maximum Gasteiger partial charge on any atom is 0.290 e. The average molecular weight is 324 g/mol. The number of anilines is 1. The van der Waals surface area contributed by atoms with E-state index in [4.69, 9.17) is 0 Å². The fourth-order valence-electron chi connectivity index (χ4n) is 3.26. The number of nitrogens with one attached hydrogen (secondary N) is 3. The Balaban J connectivity index is 1.41. The second-order valence-electron chi connectivity index (χ2n) is 6.20. The number of hydrogen-bond acceptors (Lipinski definition) is 5. The fraction of sp³-hybridized carbons (Fsp3) is 0.353. The number of piperidine rings is 1. The molecule has 4 rings (SSSR count). The van der Waals surface area contributed by atoms with Crippen LogP contribution in [0, 0.1) is 0 Å². The number of aromatic nitrogens is 4. The minimum atomic E-state index is -0.122. The first-order valence-electron chi connectivity index (χ1n) is 8.23. The van der Waals surface area contributed by atoms with Crippen molar-refractivity contribution >= 4 is 16.7 Å². The van der Waals surface area contributed by atoms with Gasteiger partial charge in [0.25, 0.3) is 5.56 Å². The van der Waals surface area contributed by atoms with E-state index in [9.17, 15) is 4.79 Å². The highest BCUT2D eigenvalue weighted by atomic mass is 16.1. The topological polar surface area (TPSA) is 89.7 Å². The molecule has 0 bridgehead atoms. The molecule has 0 aliphatic carbocycles. The highest BCUT2D eigenvalue weighted by Gasteiger charge is 2.22. The predicted molar refractivity (Wildman–Crippen MR) is 93.0 cm³/mol. The lowest BCUT2D eigenvalue weighted by atomic mass is 10.0. The van der Waals surface area contributed by atoms with Gasteiger partial charge in [-0.25, -0.2) is 4.98 Å². The van der Waals surface area contributed by atoms with Gasteiger partial charge in [0.05, 0.1) is 11.7 Å². The standard InChI is InChI=1S/C17H20N6O/c24-17-16(18-5-6-19-17)23-7-1-2-14(11-23)20-9-12-3-4-13-10-21-22-15(13)8-12/h3-6,8,10,14,20H,1-2,7,9,11H2,(H,19,24)(H,21,22). The van der Waals surface area contributed by atoms with Crippen LogP contribution in [-0.4, -0.2) is 39.3 Å². The third kappa shape index (κ3) is 3.03. The smallest absolute Gasteiger partial charge is 0.290 e. The van der Waals surface area contributed by atoms with E-state index in [-0.39, 0.29) is 5.56 Å². The van der Waals surface area contributed by atoms with Gasteiger partial charge in [-0.05, 0) is 24.5 Å². The van der Waals surface area contributed by atoms with Crippen LogP contribution in [0.3, 0.4) is 0 Å². The zero-order valence-corrected chi connectivity index (χ0v) is 13.3. The van der Waals surface area contributed by atoms with Crippen LogP contribution in [-0.2, 0) is 6.54 Å². The second-order valence-corrected chi connectivity index (χ2v) is 6.20. The summed E-state index contributed by atoms with van der Waals surface area (Å²) in [6, 6.07) is 6.67. The van der Waals surface area contributed by atoms with Gasteiger partial charge in [-0.3, -0.25) is 9.89 Å². The molecule has 3 aromatic rings. The van der Waals surface area contributed by atoms with E-state index < -0.39 is 0 Å². The molecule has 124 valence electrons. The average Bonchev–Trinajstić information content (AvgIpc) is 3.08. The molecule has 0 spiro atoms. The lowest BCUT2D eigenvalue weighted by Gasteiger charge is -2.33. The van der Waals surface area contributed by atoms with Gasteiger partial charge < -0.3 is 15.2 Å². The van der Waals surface area contributed by atoms with Crippen LogP contribution < -0.4 is 15.8 Å². The van der Waals surface area contributed by atoms with Crippen LogP contribution in [0.15, 0.2) is 41.6 Å². The summed E-state index contributed by atoms with van der Waals surface area (Å²) in [7, 11) is 0. The van der Waals surface area contributed by atoms with E-state index in [1.54, 1.807) is 12.4 Å². The Hall–Kier alpha value is -2.67. The van der Waals surface area contributed by atoms with Gasteiger partial charge in [-0.2, -0.15) is 5.10 Å². The summed E-state index contributed by atoms with van der Waals surface area (Å²) in [5.74, 6) is 0.517. The summed E-state index contributed by atoms with van der Waals surface area (Å²) >= 11 is 0. The van der Waals surface area contributed by atoms with E-state index >= 15 is 0 Å². The van der Waals surface area contributed by atoms with Crippen molar-refractivity contribution in [2.75, 3.05) is 18.0 Å². The molecule has 0 amide bonds. The summed E-state index contributed by atoms with van der Waals surface area (Å²) in [5.41, 5.74) is 2.15. The van der Waals surface area contributed by atoms with E-state index in [1.165, 1.54) is 5.56 Å². The molecule has 3 N–H and O–H groups in total. The Kier molecular flexibility index (Phi) is 4.00. The van der Waals surface area contributed by atoms with E-state index in [0.717, 1.165) is 43.4 Å². The molecular weight excluding hydrogens is 304 g/mol. The van der Waals surface area contributed by atoms with Crippen LogP contribution in [0.4, 0.5) is 5.82 Å². The van der Waals surface area contributed by atoms with E-state index in [2.05, 4.69) is 48.6 Å². The van der Waals surface area contributed by atoms with Crippen LogP contribution in [0.2, 0.25) is 0 Å². The van der Waals surface area contributed by atoms with Gasteiger partial charge >= 0.3 is 0 Å². The maximum atomic E-state index is 11.9. The predicted octanol–water partition coefficient (Wildman–Crippen LogP) is 1.40. The number of rotatable bonds is 4. The molecule has 1 aliphatic rings. The first-order chi connectivity index (χ1) is 11.8. The van der Waals surface area contributed by atoms with Gasteiger partial charge in [0.2, 0.25) is 0 Å². The first-order valence-corrected chi connectivity index (χ1v) is 8.23. The zero-order valence-electron chi connectivity index (χ0n) is 13.3. The Morgan fingerprint density at radius 2 is 2.33 bits per heavy atom. The van der Waals surface area contributed by atoms with Gasteiger partial charge in [0, 0.05) is 43.5 Å². The number of hydrogen-bond donors (Lipinski definition) is 3. The van der Waals surface area contributed by atoms with Gasteiger partial charge in [-0.15, -0.1) is 0 Å². The molecule has 1 unspecified atom stereocenters. The normalized spacial score (nSPS) is 18.2. The largest absolute Gasteiger partial charge is 0.350 e. The minimum absolute atomic E-state index is 0.122. The molecule has 7 nitrogen and oxygen atoms in total. The second kappa shape index (κ2) is 6.45. The van der Waals surface area contributed by atoms with Crippen LogP contribution in [0.1, 0.15) is 18.4 Å². The van der Waals surface area contributed by atoms with Crippen molar-refractivity contribution in [3.05, 3.63) is 52.7 Å². The first kappa shape index (κ1) is 14.9. The number of benzene rings is 1. The van der Waals surface area contributed by atoms with Crippen molar-refractivity contribution in [1.29, 1.82) is 0 Å². The molecule has 0 saturated carbocycles. The van der Waals surface area contributed by atoms with Crippen molar-refractivity contribution in [3.8, 4) is 0 Å². The van der Waals surface area contributed by atoms with Gasteiger partial charge in [0.1, 0.15) is 0 Å². The Bertz CT molecular complexity index is 886. The van der Waals surface area contributed by atoms with Gasteiger partial charge in [-0.1, -0.05) is 12.1 Å². The molecular formula is C17H20N6O. The molecule has 1 aromatic carbocycles. The number of fused-ring (bicyclic) bond motifs is 1. The lowest BCUT2D eigenvalue weighted by molar-refractivity contribution is 0.419. The molecule has 1 saturated heterocycles. The summed E-state index contributed by atoms with van der Waals surface area (Å²) in [6.45, 7) is 2.47. The van der Waals surface area contributed by atoms with Crippen molar-refractivity contribution in [1.82, 2.24) is 25.5 Å². The fourth-order valence-corrected chi connectivity index (χ4v) is 3.26. The molecule has 0 radical (unpaired) electrons. The SMILES string of the molecule is O=c1[nH]ccnc1N1CCCC(NCc2ccc3cn[nH]c3c2)C1. The van der Waals surface area contributed by atoms with Crippen molar-refractivity contribution < 1.29 is 0 Å². The summed E-state index contributed by atoms with van der Waals surface area (Å²) in [6.07, 6.45) is 7.18. The molecule has 24 heavy (non-hydrogen) atoms. The maximum absolute atomic E-state index is 11.9. The van der Waals surface area contributed by atoms with Crippen LogP contribution in [0.25, 0.3) is 10.9 Å². The summed E-state index contributed by atoms with van der Waals surface area (Å²) in [5, 5.41) is 11.8. The summed E-state index contributed by atoms with van der Waals surface area (Å²) in [4.78, 5) is 20.9. The highest BCUT2D eigenvalue weighted by molar-refractivity contribution is 5.78. The van der Waals surface area contributed by atoms with Crippen LogP contribution >= 0.6 is 0 Å².